The molecule has 0 fully saturated rings. The number of nitrogens with one attached hydrogen (secondary N) is 1. The van der Waals surface area contributed by atoms with Crippen LogP contribution in [0.5, 0.6) is 0 Å². The van der Waals surface area contributed by atoms with Crippen LogP contribution >= 0.6 is 0 Å². The molecule has 1 aliphatic carbocycles. The van der Waals surface area contributed by atoms with E-state index in [2.05, 4.69) is 22.4 Å². The highest BCUT2D eigenvalue weighted by atomic mass is 16.1. The Morgan fingerprint density at radius 2 is 1.91 bits per heavy atom. The lowest BCUT2D eigenvalue weighted by molar-refractivity contribution is 0.102. The second-order valence-corrected chi connectivity index (χ2v) is 5.67. The number of nitrogens with zero attached hydrogens (tertiary/aromatic N) is 1. The SMILES string of the molecule is O=C(Nc1ccc2c(c1)CCC2)c1cccc2ncccc12. The summed E-state index contributed by atoms with van der Waals surface area (Å²) in [6.07, 6.45) is 5.21. The maximum absolute atomic E-state index is 12.6. The third-order valence-electron chi connectivity index (χ3n) is 4.25. The van der Waals surface area contributed by atoms with E-state index in [1.54, 1.807) is 6.20 Å². The largest absolute Gasteiger partial charge is 0.322 e. The molecule has 4 rings (SSSR count). The Hall–Kier alpha value is -2.68. The number of benzene rings is 2. The molecule has 1 aromatic heterocycles. The van der Waals surface area contributed by atoms with E-state index >= 15 is 0 Å². The molecule has 0 unspecified atom stereocenters. The zero-order valence-electron chi connectivity index (χ0n) is 12.2. The Labute approximate surface area is 129 Å². The molecule has 22 heavy (non-hydrogen) atoms. The molecule has 0 aliphatic heterocycles. The topological polar surface area (TPSA) is 42.0 Å². The number of fused-ring (bicyclic) bond motifs is 2. The summed E-state index contributed by atoms with van der Waals surface area (Å²) in [6.45, 7) is 0. The molecule has 2 aromatic carbocycles. The summed E-state index contributed by atoms with van der Waals surface area (Å²) in [5.41, 5.74) is 5.13. The van der Waals surface area contributed by atoms with E-state index in [4.69, 9.17) is 0 Å². The Balaban J connectivity index is 1.66. The highest BCUT2D eigenvalue weighted by molar-refractivity contribution is 6.12. The molecule has 0 bridgehead atoms. The van der Waals surface area contributed by atoms with E-state index in [0.717, 1.165) is 29.4 Å². The third-order valence-corrected chi connectivity index (χ3v) is 4.25. The summed E-state index contributed by atoms with van der Waals surface area (Å²) in [7, 11) is 0. The van der Waals surface area contributed by atoms with Crippen molar-refractivity contribution in [2.75, 3.05) is 5.32 Å². The first-order valence-electron chi connectivity index (χ1n) is 7.58. The van der Waals surface area contributed by atoms with Gasteiger partial charge in [-0.2, -0.15) is 0 Å². The fraction of sp³-hybridized carbons (Fsp3) is 0.158. The standard InChI is InChI=1S/C19H16N2O/c22-19(17-6-2-8-18-16(17)7-3-11-20-18)21-15-10-9-13-4-1-5-14(13)12-15/h2-3,6-12H,1,4-5H2,(H,21,22). The lowest BCUT2D eigenvalue weighted by Crippen LogP contribution is -2.12. The van der Waals surface area contributed by atoms with E-state index in [1.807, 2.05) is 36.4 Å². The minimum Gasteiger partial charge on any atom is -0.322 e. The molecule has 0 saturated carbocycles. The number of carbonyl (C=O) groups is 1. The number of carbonyl (C=O) groups excluding carboxylic acids is 1. The van der Waals surface area contributed by atoms with Gasteiger partial charge in [0.15, 0.2) is 0 Å². The summed E-state index contributed by atoms with van der Waals surface area (Å²) >= 11 is 0. The number of aromatic nitrogens is 1. The first kappa shape index (κ1) is 13.0. The Kier molecular flexibility index (Phi) is 3.11. The fourth-order valence-corrected chi connectivity index (χ4v) is 3.15. The number of pyridine rings is 1. The Bertz CT molecular complexity index is 865. The molecule has 1 N–H and O–H groups in total. The van der Waals surface area contributed by atoms with Crippen molar-refractivity contribution in [1.29, 1.82) is 0 Å². The first-order valence-corrected chi connectivity index (χ1v) is 7.58. The van der Waals surface area contributed by atoms with Crippen LogP contribution in [0.3, 0.4) is 0 Å². The minimum absolute atomic E-state index is 0.0865. The second-order valence-electron chi connectivity index (χ2n) is 5.67. The lowest BCUT2D eigenvalue weighted by atomic mass is 10.1. The van der Waals surface area contributed by atoms with Crippen molar-refractivity contribution in [3.63, 3.8) is 0 Å². The molecule has 0 spiro atoms. The molecule has 1 amide bonds. The number of anilines is 1. The number of amides is 1. The van der Waals surface area contributed by atoms with Crippen LogP contribution in [-0.4, -0.2) is 10.9 Å². The summed E-state index contributed by atoms with van der Waals surface area (Å²) in [5.74, 6) is -0.0865. The second kappa shape index (κ2) is 5.26. The Morgan fingerprint density at radius 1 is 1.00 bits per heavy atom. The normalized spacial score (nSPS) is 13.1. The monoisotopic (exact) mass is 288 g/mol. The minimum atomic E-state index is -0.0865. The summed E-state index contributed by atoms with van der Waals surface area (Å²) < 4.78 is 0. The molecule has 3 nitrogen and oxygen atoms in total. The average molecular weight is 288 g/mol. The molecule has 3 aromatic rings. The first-order chi connectivity index (χ1) is 10.8. The van der Waals surface area contributed by atoms with Gasteiger partial charge in [-0.15, -0.1) is 0 Å². The molecular formula is C19H16N2O. The molecule has 0 atom stereocenters. The molecule has 1 aliphatic rings. The number of aryl methyl sites for hydroxylation is 2. The van der Waals surface area contributed by atoms with E-state index in [-0.39, 0.29) is 5.91 Å². The van der Waals surface area contributed by atoms with Gasteiger partial charge < -0.3 is 5.32 Å². The van der Waals surface area contributed by atoms with Gasteiger partial charge in [-0.25, -0.2) is 0 Å². The van der Waals surface area contributed by atoms with Gasteiger partial charge in [0.05, 0.1) is 5.52 Å². The van der Waals surface area contributed by atoms with E-state index in [1.165, 1.54) is 17.5 Å². The van der Waals surface area contributed by atoms with Crippen LogP contribution in [0.1, 0.15) is 27.9 Å². The van der Waals surface area contributed by atoms with Crippen molar-refractivity contribution in [3.05, 3.63) is 71.4 Å². The van der Waals surface area contributed by atoms with Crippen molar-refractivity contribution >= 4 is 22.5 Å². The van der Waals surface area contributed by atoms with Crippen molar-refractivity contribution in [2.24, 2.45) is 0 Å². The molecule has 108 valence electrons. The predicted molar refractivity (Wildman–Crippen MR) is 88.2 cm³/mol. The van der Waals surface area contributed by atoms with Gasteiger partial charge in [0.25, 0.3) is 5.91 Å². The van der Waals surface area contributed by atoms with Crippen LogP contribution in [0.25, 0.3) is 10.9 Å². The average Bonchev–Trinajstić information content (AvgIpc) is 3.02. The molecule has 3 heteroatoms. The van der Waals surface area contributed by atoms with Crippen LogP contribution in [0.15, 0.2) is 54.7 Å². The van der Waals surface area contributed by atoms with E-state index < -0.39 is 0 Å². The molecule has 0 saturated heterocycles. The molecule has 0 radical (unpaired) electrons. The van der Waals surface area contributed by atoms with Gasteiger partial charge in [-0.1, -0.05) is 18.2 Å². The van der Waals surface area contributed by atoms with Gasteiger partial charge in [-0.3, -0.25) is 9.78 Å². The van der Waals surface area contributed by atoms with Crippen LogP contribution in [-0.2, 0) is 12.8 Å². The highest BCUT2D eigenvalue weighted by Gasteiger charge is 2.14. The fourth-order valence-electron chi connectivity index (χ4n) is 3.15. The van der Waals surface area contributed by atoms with Crippen molar-refractivity contribution < 1.29 is 4.79 Å². The van der Waals surface area contributed by atoms with Crippen molar-refractivity contribution in [1.82, 2.24) is 4.98 Å². The van der Waals surface area contributed by atoms with Crippen molar-refractivity contribution in [2.45, 2.75) is 19.3 Å². The highest BCUT2D eigenvalue weighted by Crippen LogP contribution is 2.25. The Morgan fingerprint density at radius 3 is 2.86 bits per heavy atom. The van der Waals surface area contributed by atoms with Crippen LogP contribution in [0.4, 0.5) is 5.69 Å². The predicted octanol–water partition coefficient (Wildman–Crippen LogP) is 3.98. The van der Waals surface area contributed by atoms with Crippen LogP contribution < -0.4 is 5.32 Å². The summed E-state index contributed by atoms with van der Waals surface area (Å²) in [6, 6.07) is 15.6. The summed E-state index contributed by atoms with van der Waals surface area (Å²) in [4.78, 5) is 16.9. The van der Waals surface area contributed by atoms with Gasteiger partial charge >= 0.3 is 0 Å². The van der Waals surface area contributed by atoms with Gasteiger partial charge in [-0.05, 0) is 60.7 Å². The molecular weight excluding hydrogens is 272 g/mol. The quantitative estimate of drug-likeness (QED) is 0.775. The smallest absolute Gasteiger partial charge is 0.256 e. The maximum atomic E-state index is 12.6. The third kappa shape index (κ3) is 2.25. The lowest BCUT2D eigenvalue weighted by Gasteiger charge is -2.09. The number of rotatable bonds is 2. The van der Waals surface area contributed by atoms with Crippen LogP contribution in [0, 0.1) is 0 Å². The van der Waals surface area contributed by atoms with E-state index in [0.29, 0.717) is 5.56 Å². The number of hydrogen-bond acceptors (Lipinski definition) is 2. The van der Waals surface area contributed by atoms with Crippen molar-refractivity contribution in [3.8, 4) is 0 Å². The number of hydrogen-bond donors (Lipinski definition) is 1. The van der Waals surface area contributed by atoms with Gasteiger partial charge in [0.1, 0.15) is 0 Å². The van der Waals surface area contributed by atoms with Gasteiger partial charge in [0, 0.05) is 22.8 Å². The maximum Gasteiger partial charge on any atom is 0.256 e. The zero-order valence-corrected chi connectivity index (χ0v) is 12.2. The summed E-state index contributed by atoms with van der Waals surface area (Å²) in [5, 5.41) is 3.89. The van der Waals surface area contributed by atoms with E-state index in [9.17, 15) is 4.79 Å². The molecule has 1 heterocycles. The zero-order chi connectivity index (χ0) is 14.9. The van der Waals surface area contributed by atoms with Crippen LogP contribution in [0.2, 0.25) is 0 Å². The van der Waals surface area contributed by atoms with Gasteiger partial charge in [0.2, 0.25) is 0 Å².